The second-order valence-electron chi connectivity index (χ2n) is 3.74. The van der Waals surface area contributed by atoms with Crippen LogP contribution < -0.4 is 5.73 Å². The van der Waals surface area contributed by atoms with Crippen LogP contribution in [-0.2, 0) is 9.59 Å². The number of rotatable bonds is 7. The summed E-state index contributed by atoms with van der Waals surface area (Å²) in [6.07, 6.45) is 1.42. The van der Waals surface area contributed by atoms with E-state index in [0.717, 1.165) is 6.54 Å². The molecule has 1 atom stereocenters. The normalized spacial score (nSPS) is 15.1. The van der Waals surface area contributed by atoms with Gasteiger partial charge in [0.05, 0.1) is 0 Å². The highest BCUT2D eigenvalue weighted by Gasteiger charge is 2.32. The molecule has 0 aliphatic heterocycles. The van der Waals surface area contributed by atoms with E-state index in [2.05, 4.69) is 0 Å². The minimum absolute atomic E-state index is 0.129. The van der Waals surface area contributed by atoms with Crippen LogP contribution in [0, 0.1) is 0 Å². The lowest BCUT2D eigenvalue weighted by atomic mass is 9.91. The third-order valence-corrected chi connectivity index (χ3v) is 2.10. The van der Waals surface area contributed by atoms with E-state index in [1.165, 1.54) is 0 Å². The van der Waals surface area contributed by atoms with Crippen molar-refractivity contribution in [2.24, 2.45) is 5.73 Å². The smallest absolute Gasteiger partial charge is 0.324 e. The Hall–Kier alpha value is -0.940. The molecular weight excluding hydrogens is 184 g/mol. The molecule has 3 N–H and O–H groups in total. The fourth-order valence-corrected chi connectivity index (χ4v) is 1.16. The zero-order valence-electron chi connectivity index (χ0n) is 8.69. The van der Waals surface area contributed by atoms with Gasteiger partial charge in [0.15, 0.2) is 0 Å². The standard InChI is InChI=1S/C9H18N2O3/c1-11(2)6-3-4-9(10,5-7-12)8(13)14/h7H,3-6,10H2,1-2H3,(H,13,14). The highest BCUT2D eigenvalue weighted by Crippen LogP contribution is 2.13. The van der Waals surface area contributed by atoms with E-state index in [0.29, 0.717) is 19.1 Å². The summed E-state index contributed by atoms with van der Waals surface area (Å²) in [6, 6.07) is 0. The molecule has 1 unspecified atom stereocenters. The van der Waals surface area contributed by atoms with Gasteiger partial charge >= 0.3 is 5.97 Å². The van der Waals surface area contributed by atoms with Crippen molar-refractivity contribution < 1.29 is 14.7 Å². The molecule has 0 saturated heterocycles. The van der Waals surface area contributed by atoms with E-state index < -0.39 is 11.5 Å². The molecule has 0 spiro atoms. The number of aliphatic carboxylic acids is 1. The molecule has 0 aromatic rings. The fraction of sp³-hybridized carbons (Fsp3) is 0.778. The SMILES string of the molecule is CN(C)CCCC(N)(CC=O)C(=O)O. The largest absolute Gasteiger partial charge is 0.480 e. The fourth-order valence-electron chi connectivity index (χ4n) is 1.16. The summed E-state index contributed by atoms with van der Waals surface area (Å²) < 4.78 is 0. The van der Waals surface area contributed by atoms with Crippen molar-refractivity contribution in [1.82, 2.24) is 4.90 Å². The maximum atomic E-state index is 10.8. The minimum Gasteiger partial charge on any atom is -0.480 e. The topological polar surface area (TPSA) is 83.6 Å². The maximum absolute atomic E-state index is 10.8. The van der Waals surface area contributed by atoms with E-state index in [1.54, 1.807) is 0 Å². The van der Waals surface area contributed by atoms with Gasteiger partial charge in [0.25, 0.3) is 0 Å². The summed E-state index contributed by atoms with van der Waals surface area (Å²) in [7, 11) is 3.80. The average Bonchev–Trinajstić information content (AvgIpc) is 2.03. The Balaban J connectivity index is 4.09. The molecule has 0 saturated carbocycles. The van der Waals surface area contributed by atoms with Gasteiger partial charge in [-0.25, -0.2) is 0 Å². The van der Waals surface area contributed by atoms with Crippen LogP contribution in [0.3, 0.4) is 0 Å². The predicted molar refractivity (Wildman–Crippen MR) is 53.0 cm³/mol. The summed E-state index contributed by atoms with van der Waals surface area (Å²) in [5, 5.41) is 8.83. The number of carboxylic acid groups (broad SMARTS) is 1. The molecule has 0 bridgehead atoms. The Labute approximate surface area is 83.9 Å². The van der Waals surface area contributed by atoms with Crippen molar-refractivity contribution in [3.63, 3.8) is 0 Å². The predicted octanol–water partition coefficient (Wildman–Crippen LogP) is -0.301. The number of hydrogen-bond donors (Lipinski definition) is 2. The summed E-state index contributed by atoms with van der Waals surface area (Å²) >= 11 is 0. The first kappa shape index (κ1) is 13.1. The Kier molecular flexibility index (Phi) is 5.34. The van der Waals surface area contributed by atoms with Gasteiger partial charge in [-0.2, -0.15) is 0 Å². The molecule has 14 heavy (non-hydrogen) atoms. The van der Waals surface area contributed by atoms with Crippen LogP contribution >= 0.6 is 0 Å². The van der Waals surface area contributed by atoms with E-state index in [4.69, 9.17) is 10.8 Å². The minimum atomic E-state index is -1.39. The van der Waals surface area contributed by atoms with Gasteiger partial charge in [0, 0.05) is 6.42 Å². The highest BCUT2D eigenvalue weighted by molar-refractivity contribution is 5.81. The van der Waals surface area contributed by atoms with Gasteiger partial charge in [-0.15, -0.1) is 0 Å². The quantitative estimate of drug-likeness (QED) is 0.554. The summed E-state index contributed by atoms with van der Waals surface area (Å²) in [6.45, 7) is 0.769. The highest BCUT2D eigenvalue weighted by atomic mass is 16.4. The zero-order chi connectivity index (χ0) is 11.2. The average molecular weight is 202 g/mol. The molecule has 0 fully saturated rings. The monoisotopic (exact) mass is 202 g/mol. The van der Waals surface area contributed by atoms with Crippen LogP contribution in [0.25, 0.3) is 0 Å². The molecule has 0 aromatic carbocycles. The molecule has 0 rings (SSSR count). The third kappa shape index (κ3) is 4.34. The van der Waals surface area contributed by atoms with Crippen molar-refractivity contribution in [3.05, 3.63) is 0 Å². The van der Waals surface area contributed by atoms with E-state index in [1.807, 2.05) is 19.0 Å². The summed E-state index contributed by atoms with van der Waals surface area (Å²) in [4.78, 5) is 23.0. The van der Waals surface area contributed by atoms with Crippen molar-refractivity contribution in [2.45, 2.75) is 24.8 Å². The summed E-state index contributed by atoms with van der Waals surface area (Å²) in [5.74, 6) is -1.11. The van der Waals surface area contributed by atoms with Crippen molar-refractivity contribution in [3.8, 4) is 0 Å². The van der Waals surface area contributed by atoms with E-state index >= 15 is 0 Å². The zero-order valence-corrected chi connectivity index (χ0v) is 8.69. The lowest BCUT2D eigenvalue weighted by molar-refractivity contribution is -0.144. The first-order valence-electron chi connectivity index (χ1n) is 4.53. The molecule has 0 heterocycles. The Bertz CT molecular complexity index is 206. The number of carbonyl (C=O) groups is 2. The van der Waals surface area contributed by atoms with Crippen LogP contribution in [0.15, 0.2) is 0 Å². The first-order valence-corrected chi connectivity index (χ1v) is 4.53. The van der Waals surface area contributed by atoms with Gasteiger partial charge in [0.2, 0.25) is 0 Å². The van der Waals surface area contributed by atoms with Gasteiger partial charge < -0.3 is 20.5 Å². The number of nitrogens with zero attached hydrogens (tertiary/aromatic N) is 1. The molecule has 5 heteroatoms. The third-order valence-electron chi connectivity index (χ3n) is 2.10. The number of carboxylic acids is 1. The first-order chi connectivity index (χ1) is 6.42. The molecule has 0 aromatic heterocycles. The lowest BCUT2D eigenvalue weighted by Crippen LogP contribution is -2.48. The number of nitrogens with two attached hydrogens (primary N) is 1. The molecule has 0 aliphatic rings. The number of aldehydes is 1. The Morgan fingerprint density at radius 1 is 1.57 bits per heavy atom. The second kappa shape index (κ2) is 5.72. The molecule has 0 aliphatic carbocycles. The molecule has 0 amide bonds. The number of hydrogen-bond acceptors (Lipinski definition) is 4. The molecule has 5 nitrogen and oxygen atoms in total. The maximum Gasteiger partial charge on any atom is 0.324 e. The van der Waals surface area contributed by atoms with Crippen LogP contribution in [0.1, 0.15) is 19.3 Å². The van der Waals surface area contributed by atoms with Crippen LogP contribution in [0.2, 0.25) is 0 Å². The second-order valence-corrected chi connectivity index (χ2v) is 3.74. The number of carbonyl (C=O) groups excluding carboxylic acids is 1. The van der Waals surface area contributed by atoms with Crippen molar-refractivity contribution >= 4 is 12.3 Å². The van der Waals surface area contributed by atoms with Gasteiger partial charge in [0.1, 0.15) is 11.8 Å². The van der Waals surface area contributed by atoms with E-state index in [-0.39, 0.29) is 6.42 Å². The van der Waals surface area contributed by atoms with Gasteiger partial charge in [-0.1, -0.05) is 0 Å². The van der Waals surface area contributed by atoms with Crippen molar-refractivity contribution in [1.29, 1.82) is 0 Å². The van der Waals surface area contributed by atoms with E-state index in [9.17, 15) is 9.59 Å². The van der Waals surface area contributed by atoms with Gasteiger partial charge in [-0.3, -0.25) is 4.79 Å². The van der Waals surface area contributed by atoms with Crippen LogP contribution in [0.5, 0.6) is 0 Å². The Morgan fingerprint density at radius 3 is 2.50 bits per heavy atom. The van der Waals surface area contributed by atoms with Gasteiger partial charge in [-0.05, 0) is 33.5 Å². The van der Waals surface area contributed by atoms with Crippen molar-refractivity contribution in [2.75, 3.05) is 20.6 Å². The molecule has 82 valence electrons. The molecular formula is C9H18N2O3. The lowest BCUT2D eigenvalue weighted by Gasteiger charge is -2.22. The van der Waals surface area contributed by atoms with Crippen LogP contribution in [0.4, 0.5) is 0 Å². The molecule has 0 radical (unpaired) electrons. The van der Waals surface area contributed by atoms with Crippen LogP contribution in [-0.4, -0.2) is 48.4 Å². The Morgan fingerprint density at radius 2 is 2.14 bits per heavy atom. The summed E-state index contributed by atoms with van der Waals surface area (Å²) in [5.41, 5.74) is 4.20.